The molecule has 1 aromatic carbocycles. The molecule has 0 atom stereocenters. The third kappa shape index (κ3) is 3.02. The van der Waals surface area contributed by atoms with Crippen LogP contribution in [0.1, 0.15) is 0 Å². The fourth-order valence-electron chi connectivity index (χ4n) is 1.14. The summed E-state index contributed by atoms with van der Waals surface area (Å²) in [6.45, 7) is 0. The molecule has 0 fully saturated rings. The lowest BCUT2D eigenvalue weighted by atomic mass is 10.2. The first-order valence-electron chi connectivity index (χ1n) is 3.93. The van der Waals surface area contributed by atoms with Crippen LogP contribution in [-0.2, 0) is 0 Å². The molecule has 0 aliphatic carbocycles. The number of hydrogen-bond acceptors (Lipinski definition) is 1. The molecule has 14 heavy (non-hydrogen) atoms. The van der Waals surface area contributed by atoms with E-state index in [2.05, 4.69) is 17.1 Å². The molecule has 74 valence electrons. The maximum atomic E-state index is 4.28. The second-order valence-electron chi connectivity index (χ2n) is 2.58. The number of benzene rings is 1. The summed E-state index contributed by atoms with van der Waals surface area (Å²) in [4.78, 5) is 4.28. The quantitative estimate of drug-likeness (QED) is 0.644. The highest BCUT2D eigenvalue weighted by molar-refractivity contribution is 5.85. The van der Waals surface area contributed by atoms with Crippen LogP contribution in [0.5, 0.6) is 0 Å². The zero-order chi connectivity index (χ0) is 8.23. The summed E-state index contributed by atoms with van der Waals surface area (Å²) in [5, 5.41) is 2.19. The van der Waals surface area contributed by atoms with Crippen LogP contribution in [0.25, 0.3) is 6.08 Å². The summed E-state index contributed by atoms with van der Waals surface area (Å²) in [7, 11) is 0. The van der Waals surface area contributed by atoms with E-state index < -0.39 is 0 Å². The molecule has 1 aromatic rings. The number of hydrogen-bond donors (Lipinski definition) is 0. The van der Waals surface area contributed by atoms with Gasteiger partial charge in [0.1, 0.15) is 0 Å². The van der Waals surface area contributed by atoms with Gasteiger partial charge in [-0.25, -0.2) is 0 Å². The number of para-hydroxylation sites is 1. The predicted molar refractivity (Wildman–Crippen MR) is 64.5 cm³/mol. The van der Waals surface area contributed by atoms with Crippen molar-refractivity contribution < 1.29 is 0 Å². The second kappa shape index (κ2) is 6.41. The van der Waals surface area contributed by atoms with E-state index >= 15 is 0 Å². The Balaban J connectivity index is 0.000000845. The van der Waals surface area contributed by atoms with Crippen molar-refractivity contribution in [1.82, 2.24) is 0 Å². The first-order chi connectivity index (χ1) is 5.97. The molecule has 1 nitrogen and oxygen atoms in total. The van der Waals surface area contributed by atoms with Gasteiger partial charge in [0.25, 0.3) is 0 Å². The number of fused-ring (bicyclic) bond motifs is 1. The molecular weight excluding hydrogens is 217 g/mol. The minimum absolute atomic E-state index is 0. The smallest absolute Gasteiger partial charge is 0.0701 e. The maximum absolute atomic E-state index is 4.28. The highest BCUT2D eigenvalue weighted by atomic mass is 35.5. The van der Waals surface area contributed by atoms with Gasteiger partial charge in [0.2, 0.25) is 0 Å². The minimum atomic E-state index is 0. The molecule has 0 amide bonds. The molecule has 0 saturated carbocycles. The van der Waals surface area contributed by atoms with Gasteiger partial charge in [0, 0.05) is 11.4 Å². The van der Waals surface area contributed by atoms with Crippen molar-refractivity contribution in [3.05, 3.63) is 59.3 Å². The monoisotopic (exact) mass is 227 g/mol. The highest BCUT2D eigenvalue weighted by Gasteiger charge is 1.83. The molecule has 2 rings (SSSR count). The van der Waals surface area contributed by atoms with Crippen LogP contribution in [0.15, 0.2) is 53.7 Å². The van der Waals surface area contributed by atoms with E-state index in [-0.39, 0.29) is 24.8 Å². The van der Waals surface area contributed by atoms with Gasteiger partial charge in [-0.1, -0.05) is 36.4 Å². The molecule has 0 saturated heterocycles. The van der Waals surface area contributed by atoms with E-state index in [0.717, 1.165) is 10.6 Å². The van der Waals surface area contributed by atoms with E-state index in [1.165, 1.54) is 0 Å². The molecule has 1 heterocycles. The van der Waals surface area contributed by atoms with Crippen LogP contribution in [0.4, 0.5) is 0 Å². The normalized spacial score (nSPS) is 11.7. The standard InChI is InChI=1S/C11H9N.2ClH/c1-2-6-10-7-3-4-8-11(10)12-9-5-1;;/h1-9H;2*1H. The molecule has 0 unspecified atom stereocenters. The lowest BCUT2D eigenvalue weighted by molar-refractivity contribution is 1.30. The number of rotatable bonds is 0. The van der Waals surface area contributed by atoms with Crippen molar-refractivity contribution in [3.8, 4) is 0 Å². The van der Waals surface area contributed by atoms with Crippen LogP contribution in [0.2, 0.25) is 0 Å². The van der Waals surface area contributed by atoms with Crippen molar-refractivity contribution in [1.29, 1.82) is 0 Å². The topological polar surface area (TPSA) is 12.4 Å². The van der Waals surface area contributed by atoms with Gasteiger partial charge in [-0.3, -0.25) is 4.99 Å². The van der Waals surface area contributed by atoms with E-state index in [1.807, 2.05) is 42.6 Å². The Kier molecular flexibility index (Phi) is 5.93. The number of halogens is 2. The summed E-state index contributed by atoms with van der Waals surface area (Å²) in [6.07, 6.45) is 9.78. The third-order valence-electron chi connectivity index (χ3n) is 1.73. The second-order valence-corrected chi connectivity index (χ2v) is 2.58. The Morgan fingerprint density at radius 2 is 1.64 bits per heavy atom. The fourth-order valence-corrected chi connectivity index (χ4v) is 1.14. The minimum Gasteiger partial charge on any atom is -0.256 e. The Bertz CT molecular complexity index is 404. The molecule has 0 N–H and O–H groups in total. The first kappa shape index (κ1) is 12.9. The van der Waals surface area contributed by atoms with Crippen molar-refractivity contribution in [2.75, 3.05) is 0 Å². The van der Waals surface area contributed by atoms with E-state index in [1.54, 1.807) is 0 Å². The zero-order valence-corrected chi connectivity index (χ0v) is 9.09. The Labute approximate surface area is 95.4 Å². The van der Waals surface area contributed by atoms with Crippen LogP contribution in [0, 0.1) is 0 Å². The lowest BCUT2D eigenvalue weighted by Crippen LogP contribution is -2.23. The molecule has 1 aliphatic rings. The molecule has 3 heteroatoms. The maximum Gasteiger partial charge on any atom is 0.0701 e. The van der Waals surface area contributed by atoms with E-state index in [9.17, 15) is 0 Å². The number of nitrogens with zero attached hydrogens (tertiary/aromatic N) is 1. The van der Waals surface area contributed by atoms with E-state index in [0.29, 0.717) is 0 Å². The van der Waals surface area contributed by atoms with Gasteiger partial charge in [0.05, 0.1) is 5.36 Å². The Hall–Kier alpha value is -1.05. The van der Waals surface area contributed by atoms with Gasteiger partial charge in [-0.05, 0) is 12.1 Å². The third-order valence-corrected chi connectivity index (χ3v) is 1.73. The van der Waals surface area contributed by atoms with Gasteiger partial charge < -0.3 is 0 Å². The van der Waals surface area contributed by atoms with Gasteiger partial charge in [-0.15, -0.1) is 24.8 Å². The summed E-state index contributed by atoms with van der Waals surface area (Å²) in [5.74, 6) is 0. The Morgan fingerprint density at radius 3 is 2.50 bits per heavy atom. The SMILES string of the molecule is C1=CC=c2ccccc2=NC=C1.Cl.Cl. The first-order valence-corrected chi connectivity index (χ1v) is 3.93. The van der Waals surface area contributed by atoms with Gasteiger partial charge in [-0.2, -0.15) is 0 Å². The van der Waals surface area contributed by atoms with Crippen molar-refractivity contribution in [3.63, 3.8) is 0 Å². The average molecular weight is 228 g/mol. The van der Waals surface area contributed by atoms with Crippen LogP contribution in [-0.4, -0.2) is 0 Å². The van der Waals surface area contributed by atoms with Crippen molar-refractivity contribution in [2.24, 2.45) is 4.99 Å². The summed E-state index contributed by atoms with van der Waals surface area (Å²) in [6, 6.07) is 8.08. The van der Waals surface area contributed by atoms with Crippen LogP contribution in [0.3, 0.4) is 0 Å². The van der Waals surface area contributed by atoms with E-state index in [4.69, 9.17) is 0 Å². The average Bonchev–Trinajstić information content (AvgIpc) is 2.06. The van der Waals surface area contributed by atoms with Gasteiger partial charge in [0.15, 0.2) is 0 Å². The molecule has 1 aliphatic heterocycles. The summed E-state index contributed by atoms with van der Waals surface area (Å²) < 4.78 is 0. The van der Waals surface area contributed by atoms with Crippen LogP contribution < -0.4 is 10.6 Å². The highest BCUT2D eigenvalue weighted by Crippen LogP contribution is 1.82. The lowest BCUT2D eigenvalue weighted by Gasteiger charge is -1.88. The van der Waals surface area contributed by atoms with Crippen molar-refractivity contribution in [2.45, 2.75) is 0 Å². The molecule has 0 bridgehead atoms. The summed E-state index contributed by atoms with van der Waals surface area (Å²) in [5.41, 5.74) is 0. The molecule has 0 aromatic heterocycles. The van der Waals surface area contributed by atoms with Gasteiger partial charge >= 0.3 is 0 Å². The summed E-state index contributed by atoms with van der Waals surface area (Å²) >= 11 is 0. The zero-order valence-electron chi connectivity index (χ0n) is 7.46. The van der Waals surface area contributed by atoms with Crippen LogP contribution >= 0.6 is 24.8 Å². The Morgan fingerprint density at radius 1 is 0.857 bits per heavy atom. The predicted octanol–water partition coefficient (Wildman–Crippen LogP) is 2.01. The molecule has 0 radical (unpaired) electrons. The van der Waals surface area contributed by atoms with Crippen molar-refractivity contribution >= 4 is 30.9 Å². The fraction of sp³-hybridized carbons (Fsp3) is 0. The molecular formula is C11H11Cl2N. The largest absolute Gasteiger partial charge is 0.256 e. The number of allylic oxidation sites excluding steroid dienone is 3. The molecule has 0 spiro atoms.